The fourth-order valence-electron chi connectivity index (χ4n) is 2.77. The molecule has 0 aromatic heterocycles. The Morgan fingerprint density at radius 2 is 2.14 bits per heavy atom. The molecule has 1 N–H and O–H groups in total. The van der Waals surface area contributed by atoms with Crippen LogP contribution in [0.15, 0.2) is 42.5 Å². The van der Waals surface area contributed by atoms with E-state index >= 15 is 0 Å². The van der Waals surface area contributed by atoms with E-state index in [9.17, 15) is 4.79 Å². The van der Waals surface area contributed by atoms with E-state index in [1.807, 2.05) is 12.1 Å². The summed E-state index contributed by atoms with van der Waals surface area (Å²) < 4.78 is 5.80. The highest BCUT2D eigenvalue weighted by molar-refractivity contribution is 5.87. The third-order valence-corrected chi connectivity index (χ3v) is 3.86. The molecule has 0 fully saturated rings. The van der Waals surface area contributed by atoms with E-state index in [0.29, 0.717) is 12.2 Å². The molecule has 1 aliphatic heterocycles. The molecule has 1 aliphatic rings. The van der Waals surface area contributed by atoms with Gasteiger partial charge >= 0.3 is 5.97 Å². The summed E-state index contributed by atoms with van der Waals surface area (Å²) in [6.45, 7) is 5.08. The minimum Gasteiger partial charge on any atom is -0.492 e. The first-order chi connectivity index (χ1) is 10.6. The van der Waals surface area contributed by atoms with Gasteiger partial charge in [-0.3, -0.25) is 4.90 Å². The number of rotatable bonds is 3. The van der Waals surface area contributed by atoms with Crippen molar-refractivity contribution < 1.29 is 14.6 Å². The molecule has 22 heavy (non-hydrogen) atoms. The Bertz CT molecular complexity index is 696. The Morgan fingerprint density at radius 1 is 1.27 bits per heavy atom. The Hall–Kier alpha value is -2.33. The normalized spacial score (nSPS) is 14.8. The number of hydrogen-bond acceptors (Lipinski definition) is 3. The van der Waals surface area contributed by atoms with Crippen molar-refractivity contribution in [1.29, 1.82) is 0 Å². The van der Waals surface area contributed by atoms with Crippen molar-refractivity contribution in [3.05, 3.63) is 64.7 Å². The second-order valence-electron chi connectivity index (χ2n) is 5.68. The summed E-state index contributed by atoms with van der Waals surface area (Å²) in [5.74, 6) is 0.0643. The van der Waals surface area contributed by atoms with Gasteiger partial charge in [-0.05, 0) is 30.7 Å². The van der Waals surface area contributed by atoms with Crippen molar-refractivity contribution in [1.82, 2.24) is 4.90 Å². The summed E-state index contributed by atoms with van der Waals surface area (Å²) in [6, 6.07) is 13.4. The number of carbonyl (C=O) groups is 1. The number of fused-ring (bicyclic) bond motifs is 1. The van der Waals surface area contributed by atoms with Gasteiger partial charge in [-0.1, -0.05) is 29.8 Å². The number of hydrogen-bond donors (Lipinski definition) is 1. The van der Waals surface area contributed by atoms with Gasteiger partial charge in [-0.15, -0.1) is 0 Å². The molecule has 4 nitrogen and oxygen atoms in total. The molecule has 0 unspecified atom stereocenters. The average Bonchev–Trinajstić information content (AvgIpc) is 2.68. The van der Waals surface area contributed by atoms with Gasteiger partial charge in [0.2, 0.25) is 0 Å². The molecule has 2 aromatic carbocycles. The van der Waals surface area contributed by atoms with Crippen LogP contribution < -0.4 is 4.74 Å². The number of aromatic carboxylic acids is 1. The largest absolute Gasteiger partial charge is 0.492 e. The Labute approximate surface area is 130 Å². The highest BCUT2D eigenvalue weighted by Gasteiger charge is 2.16. The molecule has 114 valence electrons. The number of nitrogens with zero attached hydrogens (tertiary/aromatic N) is 1. The van der Waals surface area contributed by atoms with E-state index in [1.165, 1.54) is 11.1 Å². The third-order valence-electron chi connectivity index (χ3n) is 3.86. The van der Waals surface area contributed by atoms with Crippen LogP contribution in [0.1, 0.15) is 27.0 Å². The third kappa shape index (κ3) is 3.28. The SMILES string of the molecule is Cc1ccc2c(c1)CN(Cc1cccc(C(=O)O)c1)CCO2. The fraction of sp³-hybridized carbons (Fsp3) is 0.278. The molecule has 2 aromatic rings. The number of aryl methyl sites for hydroxylation is 1. The summed E-state index contributed by atoms with van der Waals surface area (Å²) in [4.78, 5) is 13.4. The van der Waals surface area contributed by atoms with Crippen molar-refractivity contribution in [2.45, 2.75) is 20.0 Å². The maximum absolute atomic E-state index is 11.1. The van der Waals surface area contributed by atoms with Crippen LogP contribution in [0.5, 0.6) is 5.75 Å². The van der Waals surface area contributed by atoms with Crippen molar-refractivity contribution in [2.75, 3.05) is 13.2 Å². The highest BCUT2D eigenvalue weighted by Crippen LogP contribution is 2.25. The summed E-state index contributed by atoms with van der Waals surface area (Å²) >= 11 is 0. The summed E-state index contributed by atoms with van der Waals surface area (Å²) in [5.41, 5.74) is 3.75. The lowest BCUT2D eigenvalue weighted by Crippen LogP contribution is -2.25. The van der Waals surface area contributed by atoms with Crippen molar-refractivity contribution in [3.8, 4) is 5.75 Å². The molecular formula is C18H19NO3. The molecule has 0 spiro atoms. The van der Waals surface area contributed by atoms with Crippen LogP contribution in [0.3, 0.4) is 0 Å². The second kappa shape index (κ2) is 6.20. The van der Waals surface area contributed by atoms with E-state index in [-0.39, 0.29) is 0 Å². The maximum atomic E-state index is 11.1. The van der Waals surface area contributed by atoms with Crippen LogP contribution in [-0.4, -0.2) is 29.1 Å². The van der Waals surface area contributed by atoms with Gasteiger partial charge in [0.15, 0.2) is 0 Å². The minimum atomic E-state index is -0.887. The lowest BCUT2D eigenvalue weighted by molar-refractivity contribution is 0.0696. The van der Waals surface area contributed by atoms with Crippen LogP contribution >= 0.6 is 0 Å². The zero-order valence-corrected chi connectivity index (χ0v) is 12.6. The predicted molar refractivity (Wildman–Crippen MR) is 84.2 cm³/mol. The molecule has 0 aliphatic carbocycles. The first-order valence-corrected chi connectivity index (χ1v) is 7.39. The highest BCUT2D eigenvalue weighted by atomic mass is 16.5. The van der Waals surface area contributed by atoms with E-state index in [0.717, 1.165) is 30.9 Å². The van der Waals surface area contributed by atoms with E-state index in [4.69, 9.17) is 9.84 Å². The minimum absolute atomic E-state index is 0.333. The number of ether oxygens (including phenoxy) is 1. The first-order valence-electron chi connectivity index (χ1n) is 7.39. The van der Waals surface area contributed by atoms with E-state index < -0.39 is 5.97 Å². The van der Waals surface area contributed by atoms with Crippen LogP contribution in [0.4, 0.5) is 0 Å². The zero-order chi connectivity index (χ0) is 15.5. The molecule has 0 radical (unpaired) electrons. The molecular weight excluding hydrogens is 278 g/mol. The van der Waals surface area contributed by atoms with Crippen molar-refractivity contribution in [3.63, 3.8) is 0 Å². The van der Waals surface area contributed by atoms with Crippen LogP contribution in [0, 0.1) is 6.92 Å². The standard InChI is InChI=1S/C18H19NO3/c1-13-5-6-17-16(9-13)12-19(7-8-22-17)11-14-3-2-4-15(10-14)18(20)21/h2-6,9-10H,7-8,11-12H2,1H3,(H,20,21). The predicted octanol–water partition coefficient (Wildman–Crippen LogP) is 3.09. The summed E-state index contributed by atoms with van der Waals surface area (Å²) in [5, 5.41) is 9.09. The molecule has 1 heterocycles. The first kappa shape index (κ1) is 14.6. The summed E-state index contributed by atoms with van der Waals surface area (Å²) in [6.07, 6.45) is 0. The van der Waals surface area contributed by atoms with Crippen molar-refractivity contribution in [2.24, 2.45) is 0 Å². The quantitative estimate of drug-likeness (QED) is 0.946. The molecule has 0 saturated heterocycles. The van der Waals surface area contributed by atoms with Crippen LogP contribution in [-0.2, 0) is 13.1 Å². The molecule has 0 bridgehead atoms. The van der Waals surface area contributed by atoms with Gasteiger partial charge in [0, 0.05) is 25.2 Å². The number of carboxylic acid groups (broad SMARTS) is 1. The van der Waals surface area contributed by atoms with Gasteiger partial charge < -0.3 is 9.84 Å². The topological polar surface area (TPSA) is 49.8 Å². The van der Waals surface area contributed by atoms with Crippen LogP contribution in [0.2, 0.25) is 0 Å². The van der Waals surface area contributed by atoms with Gasteiger partial charge in [0.05, 0.1) is 5.56 Å². The molecule has 0 amide bonds. The molecule has 4 heteroatoms. The monoisotopic (exact) mass is 297 g/mol. The molecule has 0 saturated carbocycles. The Kier molecular flexibility index (Phi) is 4.11. The zero-order valence-electron chi connectivity index (χ0n) is 12.6. The van der Waals surface area contributed by atoms with Crippen LogP contribution in [0.25, 0.3) is 0 Å². The van der Waals surface area contributed by atoms with Gasteiger partial charge in [-0.25, -0.2) is 4.79 Å². The number of benzene rings is 2. The average molecular weight is 297 g/mol. The molecule has 0 atom stereocenters. The Morgan fingerprint density at radius 3 is 2.95 bits per heavy atom. The Balaban J connectivity index is 1.78. The molecule has 3 rings (SSSR count). The summed E-state index contributed by atoms with van der Waals surface area (Å²) in [7, 11) is 0. The van der Waals surface area contributed by atoms with E-state index in [2.05, 4.69) is 24.0 Å². The van der Waals surface area contributed by atoms with E-state index in [1.54, 1.807) is 18.2 Å². The van der Waals surface area contributed by atoms with Gasteiger partial charge in [-0.2, -0.15) is 0 Å². The van der Waals surface area contributed by atoms with Gasteiger partial charge in [0.1, 0.15) is 12.4 Å². The second-order valence-corrected chi connectivity index (χ2v) is 5.68. The lowest BCUT2D eigenvalue weighted by atomic mass is 10.1. The van der Waals surface area contributed by atoms with Crippen molar-refractivity contribution >= 4 is 5.97 Å². The van der Waals surface area contributed by atoms with Gasteiger partial charge in [0.25, 0.3) is 0 Å². The number of carboxylic acids is 1. The smallest absolute Gasteiger partial charge is 0.335 e. The maximum Gasteiger partial charge on any atom is 0.335 e. The fourth-order valence-corrected chi connectivity index (χ4v) is 2.77. The lowest BCUT2D eigenvalue weighted by Gasteiger charge is -2.19.